The molecule has 0 aromatic carbocycles. The van der Waals surface area contributed by atoms with Crippen LogP contribution in [-0.4, -0.2) is 23.9 Å². The van der Waals surface area contributed by atoms with E-state index >= 15 is 0 Å². The Morgan fingerprint density at radius 1 is 1.05 bits per heavy atom. The van der Waals surface area contributed by atoms with Crippen molar-refractivity contribution in [1.82, 2.24) is 10.6 Å². The fourth-order valence-corrected chi connectivity index (χ4v) is 2.53. The van der Waals surface area contributed by atoms with Gasteiger partial charge in [0, 0.05) is 6.04 Å². The van der Waals surface area contributed by atoms with Crippen LogP contribution in [0.15, 0.2) is 0 Å². The summed E-state index contributed by atoms with van der Waals surface area (Å²) >= 11 is 0. The first-order valence-electron chi connectivity index (χ1n) is 7.44. The van der Waals surface area contributed by atoms with Crippen LogP contribution >= 0.6 is 0 Å². The maximum atomic E-state index is 12.4. The molecular weight excluding hydrogens is 254 g/mol. The van der Waals surface area contributed by atoms with E-state index in [2.05, 4.69) is 16.7 Å². The summed E-state index contributed by atoms with van der Waals surface area (Å²) < 4.78 is 0. The van der Waals surface area contributed by atoms with E-state index in [4.69, 9.17) is 0 Å². The van der Waals surface area contributed by atoms with Crippen molar-refractivity contribution in [2.24, 2.45) is 5.41 Å². The lowest BCUT2D eigenvalue weighted by atomic mass is 9.81. The maximum Gasteiger partial charge on any atom is 0.242 e. The molecule has 1 rings (SSSR count). The number of rotatable bonds is 4. The number of amides is 2. The Balaban J connectivity index is 2.68. The van der Waals surface area contributed by atoms with Gasteiger partial charge in [-0.25, -0.2) is 0 Å². The van der Waals surface area contributed by atoms with Crippen molar-refractivity contribution in [1.29, 1.82) is 5.26 Å². The summed E-state index contributed by atoms with van der Waals surface area (Å²) in [4.78, 5) is 24.2. The lowest BCUT2D eigenvalue weighted by Crippen LogP contribution is -2.51. The number of nitriles is 1. The average molecular weight is 279 g/mol. The van der Waals surface area contributed by atoms with Crippen LogP contribution in [0.3, 0.4) is 0 Å². The van der Waals surface area contributed by atoms with Crippen molar-refractivity contribution >= 4 is 11.8 Å². The fraction of sp³-hybridized carbons (Fsp3) is 0.800. The van der Waals surface area contributed by atoms with Crippen molar-refractivity contribution < 1.29 is 9.59 Å². The third-order valence-electron chi connectivity index (χ3n) is 3.78. The number of nitrogens with zero attached hydrogens (tertiary/aromatic N) is 1. The summed E-state index contributed by atoms with van der Waals surface area (Å²) in [6.45, 7) is 5.39. The zero-order chi connectivity index (χ0) is 15.2. The quantitative estimate of drug-likeness (QED) is 0.771. The van der Waals surface area contributed by atoms with Crippen molar-refractivity contribution in [3.05, 3.63) is 0 Å². The summed E-state index contributed by atoms with van der Waals surface area (Å²) in [5, 5.41) is 14.9. The molecule has 0 radical (unpaired) electrons. The molecule has 1 unspecified atom stereocenters. The first-order valence-corrected chi connectivity index (χ1v) is 7.44. The first kappa shape index (κ1) is 16.5. The molecule has 1 aliphatic carbocycles. The third-order valence-corrected chi connectivity index (χ3v) is 3.78. The number of carbonyl (C=O) groups is 2. The van der Waals surface area contributed by atoms with E-state index in [0.29, 0.717) is 12.8 Å². The predicted molar refractivity (Wildman–Crippen MR) is 76.6 cm³/mol. The highest BCUT2D eigenvalue weighted by atomic mass is 16.2. The van der Waals surface area contributed by atoms with Crippen LogP contribution in [0.2, 0.25) is 0 Å². The highest BCUT2D eigenvalue weighted by Gasteiger charge is 2.39. The molecule has 0 aromatic rings. The Morgan fingerprint density at radius 2 is 1.60 bits per heavy atom. The Labute approximate surface area is 121 Å². The van der Waals surface area contributed by atoms with Gasteiger partial charge in [-0.15, -0.1) is 0 Å². The van der Waals surface area contributed by atoms with E-state index in [-0.39, 0.29) is 17.9 Å². The second kappa shape index (κ2) is 7.28. The van der Waals surface area contributed by atoms with Gasteiger partial charge in [-0.3, -0.25) is 9.59 Å². The molecule has 1 fully saturated rings. The van der Waals surface area contributed by atoms with Crippen LogP contribution in [-0.2, 0) is 9.59 Å². The molecule has 0 heterocycles. The van der Waals surface area contributed by atoms with E-state index in [1.165, 1.54) is 0 Å². The third kappa shape index (κ3) is 4.22. The molecule has 20 heavy (non-hydrogen) atoms. The number of carbonyl (C=O) groups excluding carboxylic acids is 2. The van der Waals surface area contributed by atoms with Crippen LogP contribution in [0.5, 0.6) is 0 Å². The van der Waals surface area contributed by atoms with Gasteiger partial charge in [-0.05, 0) is 33.6 Å². The molecule has 0 aliphatic heterocycles. The van der Waals surface area contributed by atoms with Crippen molar-refractivity contribution in [2.45, 2.75) is 71.4 Å². The van der Waals surface area contributed by atoms with Crippen LogP contribution in [0.25, 0.3) is 0 Å². The van der Waals surface area contributed by atoms with Gasteiger partial charge in [0.25, 0.3) is 0 Å². The van der Waals surface area contributed by atoms with Gasteiger partial charge in [0.15, 0.2) is 0 Å². The number of hydrogen-bond acceptors (Lipinski definition) is 3. The number of nitrogens with one attached hydrogen (secondary N) is 2. The molecule has 1 atom stereocenters. The van der Waals surface area contributed by atoms with E-state index in [0.717, 1.165) is 25.7 Å². The first-order chi connectivity index (χ1) is 9.41. The summed E-state index contributed by atoms with van der Waals surface area (Å²) in [6, 6.07) is 1.62. The zero-order valence-electron chi connectivity index (χ0n) is 12.7. The van der Waals surface area contributed by atoms with E-state index < -0.39 is 11.5 Å². The SMILES string of the molecule is CC(C)NC(=O)C(C)NC(=O)C1(C#N)CCCCCC1. The topological polar surface area (TPSA) is 82.0 Å². The maximum absolute atomic E-state index is 12.4. The normalized spacial score (nSPS) is 19.6. The van der Waals surface area contributed by atoms with Crippen molar-refractivity contribution in [3.8, 4) is 6.07 Å². The molecule has 2 amide bonds. The summed E-state index contributed by atoms with van der Waals surface area (Å²) in [7, 11) is 0. The van der Waals surface area contributed by atoms with Gasteiger partial charge in [0.2, 0.25) is 11.8 Å². The molecule has 2 N–H and O–H groups in total. The van der Waals surface area contributed by atoms with Gasteiger partial charge in [-0.1, -0.05) is 25.7 Å². The molecule has 1 aliphatic rings. The lowest BCUT2D eigenvalue weighted by molar-refractivity contribution is -0.133. The molecule has 1 saturated carbocycles. The second-order valence-electron chi connectivity index (χ2n) is 5.97. The van der Waals surface area contributed by atoms with Crippen LogP contribution in [0.1, 0.15) is 59.3 Å². The van der Waals surface area contributed by atoms with Gasteiger partial charge >= 0.3 is 0 Å². The summed E-state index contributed by atoms with van der Waals surface area (Å²) in [5.41, 5.74) is -0.955. The zero-order valence-corrected chi connectivity index (χ0v) is 12.7. The molecule has 112 valence electrons. The van der Waals surface area contributed by atoms with Crippen molar-refractivity contribution in [2.75, 3.05) is 0 Å². The molecule has 0 aromatic heterocycles. The Morgan fingerprint density at radius 3 is 2.05 bits per heavy atom. The minimum absolute atomic E-state index is 0.0321. The average Bonchev–Trinajstić information content (AvgIpc) is 2.63. The summed E-state index contributed by atoms with van der Waals surface area (Å²) in [5.74, 6) is -0.511. The minimum atomic E-state index is -0.955. The lowest BCUT2D eigenvalue weighted by Gasteiger charge is -2.26. The largest absolute Gasteiger partial charge is 0.352 e. The minimum Gasteiger partial charge on any atom is -0.352 e. The standard InChI is InChI=1S/C15H25N3O2/c1-11(2)17-13(19)12(3)18-14(20)15(10-16)8-6-4-5-7-9-15/h11-12H,4-9H2,1-3H3,(H,17,19)(H,18,20). The van der Waals surface area contributed by atoms with Gasteiger partial charge in [-0.2, -0.15) is 5.26 Å². The van der Waals surface area contributed by atoms with E-state index in [9.17, 15) is 14.9 Å². The molecule has 0 bridgehead atoms. The van der Waals surface area contributed by atoms with Crippen LogP contribution in [0, 0.1) is 16.7 Å². The van der Waals surface area contributed by atoms with Gasteiger partial charge in [0.05, 0.1) is 6.07 Å². The highest BCUT2D eigenvalue weighted by Crippen LogP contribution is 2.34. The Kier molecular flexibility index (Phi) is 6.00. The predicted octanol–water partition coefficient (Wildman–Crippen LogP) is 1.88. The van der Waals surface area contributed by atoms with E-state index in [1.54, 1.807) is 6.92 Å². The second-order valence-corrected chi connectivity index (χ2v) is 5.97. The molecule has 5 heteroatoms. The van der Waals surface area contributed by atoms with Gasteiger partial charge < -0.3 is 10.6 Å². The molecule has 0 saturated heterocycles. The molecule has 5 nitrogen and oxygen atoms in total. The molecule has 0 spiro atoms. The highest BCUT2D eigenvalue weighted by molar-refractivity contribution is 5.91. The monoisotopic (exact) mass is 279 g/mol. The number of hydrogen-bond donors (Lipinski definition) is 2. The smallest absolute Gasteiger partial charge is 0.242 e. The Bertz CT molecular complexity index is 390. The summed E-state index contributed by atoms with van der Waals surface area (Å²) in [6.07, 6.45) is 5.11. The van der Waals surface area contributed by atoms with Gasteiger partial charge in [0.1, 0.15) is 11.5 Å². The fourth-order valence-electron chi connectivity index (χ4n) is 2.53. The Hall–Kier alpha value is -1.57. The van der Waals surface area contributed by atoms with Crippen LogP contribution < -0.4 is 10.6 Å². The molecular formula is C15H25N3O2. The van der Waals surface area contributed by atoms with E-state index in [1.807, 2.05) is 13.8 Å². The van der Waals surface area contributed by atoms with Crippen LogP contribution in [0.4, 0.5) is 0 Å². The van der Waals surface area contributed by atoms with Crippen molar-refractivity contribution in [3.63, 3.8) is 0 Å².